The van der Waals surface area contributed by atoms with Crippen molar-refractivity contribution in [2.75, 3.05) is 6.54 Å². The number of thiazole rings is 1. The van der Waals surface area contributed by atoms with E-state index in [1.807, 2.05) is 19.1 Å². The summed E-state index contributed by atoms with van der Waals surface area (Å²) >= 11 is 3.15. The maximum absolute atomic E-state index is 13.1. The van der Waals surface area contributed by atoms with Crippen LogP contribution >= 0.6 is 23.1 Å². The van der Waals surface area contributed by atoms with Gasteiger partial charge in [0.1, 0.15) is 0 Å². The number of aromatic nitrogens is 3. The fourth-order valence-electron chi connectivity index (χ4n) is 3.86. The van der Waals surface area contributed by atoms with Gasteiger partial charge < -0.3 is 4.90 Å². The molecule has 1 fully saturated rings. The maximum Gasteiger partial charge on any atom is 0.236 e. The van der Waals surface area contributed by atoms with Crippen molar-refractivity contribution in [1.82, 2.24) is 19.5 Å². The van der Waals surface area contributed by atoms with Crippen molar-refractivity contribution in [2.24, 2.45) is 0 Å². The largest absolute Gasteiger partial charge is 0.339 e. The zero-order valence-electron chi connectivity index (χ0n) is 15.2. The topological polar surface area (TPSA) is 50.5 Å². The average Bonchev–Trinajstić information content (AvgIpc) is 3.23. The first-order valence-electron chi connectivity index (χ1n) is 9.39. The van der Waals surface area contributed by atoms with Gasteiger partial charge in [0.25, 0.3) is 0 Å². The van der Waals surface area contributed by atoms with Gasteiger partial charge in [0.15, 0.2) is 5.16 Å². The summed E-state index contributed by atoms with van der Waals surface area (Å²) in [6.45, 7) is 4.87. The molecule has 2 aromatic heterocycles. The molecule has 0 spiro atoms. The van der Waals surface area contributed by atoms with E-state index in [9.17, 15) is 4.79 Å². The highest BCUT2D eigenvalue weighted by Crippen LogP contribution is 2.32. The lowest BCUT2D eigenvalue weighted by Crippen LogP contribution is -2.44. The van der Waals surface area contributed by atoms with Crippen LogP contribution in [0.3, 0.4) is 0 Å². The minimum atomic E-state index is -0.164. The van der Waals surface area contributed by atoms with Gasteiger partial charge in [-0.05, 0) is 38.8 Å². The fraction of sp³-hybridized carbons (Fsp3) is 0.526. The Kier molecular flexibility index (Phi) is 5.18. The first-order valence-corrected chi connectivity index (χ1v) is 11.1. The summed E-state index contributed by atoms with van der Waals surface area (Å²) in [5.74, 6) is 0.223. The predicted octanol–water partition coefficient (Wildman–Crippen LogP) is 4.61. The Balaban J connectivity index is 1.56. The van der Waals surface area contributed by atoms with Crippen LogP contribution in [0.25, 0.3) is 15.2 Å². The molecule has 1 aliphatic rings. The van der Waals surface area contributed by atoms with E-state index in [0.717, 1.165) is 35.0 Å². The first kappa shape index (κ1) is 17.8. The van der Waals surface area contributed by atoms with E-state index < -0.39 is 0 Å². The molecule has 4 rings (SSSR count). The lowest BCUT2D eigenvalue weighted by atomic mass is 9.94. The SMILES string of the molecule is CCN(C(=O)C(C)Sc1nnc2sc3ccccc3n12)C1CCCCC1. The lowest BCUT2D eigenvalue weighted by molar-refractivity contribution is -0.133. The quantitative estimate of drug-likeness (QED) is 0.599. The number of para-hydroxylation sites is 1. The molecule has 1 saturated carbocycles. The third kappa shape index (κ3) is 3.22. The van der Waals surface area contributed by atoms with Crippen LogP contribution in [0.2, 0.25) is 0 Å². The minimum absolute atomic E-state index is 0.164. The number of hydrogen-bond donors (Lipinski definition) is 0. The zero-order chi connectivity index (χ0) is 18.1. The van der Waals surface area contributed by atoms with Gasteiger partial charge >= 0.3 is 0 Å². The number of fused-ring (bicyclic) bond motifs is 3. The summed E-state index contributed by atoms with van der Waals surface area (Å²) in [7, 11) is 0. The summed E-state index contributed by atoms with van der Waals surface area (Å²) in [4.78, 5) is 16.1. The summed E-state index contributed by atoms with van der Waals surface area (Å²) in [5.41, 5.74) is 1.11. The van der Waals surface area contributed by atoms with Crippen LogP contribution in [0.4, 0.5) is 0 Å². The summed E-state index contributed by atoms with van der Waals surface area (Å²) in [6.07, 6.45) is 6.06. The van der Waals surface area contributed by atoms with Crippen LogP contribution in [0.5, 0.6) is 0 Å². The molecular weight excluding hydrogens is 364 g/mol. The first-order chi connectivity index (χ1) is 12.7. The molecule has 5 nitrogen and oxygen atoms in total. The average molecular weight is 389 g/mol. The molecule has 0 radical (unpaired) electrons. The van der Waals surface area contributed by atoms with Crippen molar-refractivity contribution in [3.8, 4) is 0 Å². The minimum Gasteiger partial charge on any atom is -0.339 e. The van der Waals surface area contributed by atoms with E-state index in [-0.39, 0.29) is 11.2 Å². The number of hydrogen-bond acceptors (Lipinski definition) is 5. The fourth-order valence-corrected chi connectivity index (χ4v) is 5.81. The summed E-state index contributed by atoms with van der Waals surface area (Å²) in [6, 6.07) is 8.65. The Morgan fingerprint density at radius 2 is 2.08 bits per heavy atom. The molecule has 0 bridgehead atoms. The predicted molar refractivity (Wildman–Crippen MR) is 108 cm³/mol. The highest BCUT2D eigenvalue weighted by molar-refractivity contribution is 8.00. The van der Waals surface area contributed by atoms with E-state index in [2.05, 4.69) is 38.6 Å². The monoisotopic (exact) mass is 388 g/mol. The Bertz CT molecular complexity index is 913. The number of benzene rings is 1. The van der Waals surface area contributed by atoms with Gasteiger partial charge in [0.05, 0.1) is 15.5 Å². The van der Waals surface area contributed by atoms with Crippen LogP contribution < -0.4 is 0 Å². The lowest BCUT2D eigenvalue weighted by Gasteiger charge is -2.35. The molecule has 1 atom stereocenters. The molecule has 3 aromatic rings. The molecule has 1 unspecified atom stereocenters. The Labute approximate surface area is 161 Å². The van der Waals surface area contributed by atoms with Crippen molar-refractivity contribution >= 4 is 44.2 Å². The van der Waals surface area contributed by atoms with E-state index in [4.69, 9.17) is 0 Å². The Morgan fingerprint density at radius 1 is 1.31 bits per heavy atom. The van der Waals surface area contributed by atoms with Gasteiger partial charge in [-0.3, -0.25) is 9.20 Å². The van der Waals surface area contributed by atoms with Crippen LogP contribution in [0.15, 0.2) is 29.4 Å². The molecule has 1 amide bonds. The van der Waals surface area contributed by atoms with E-state index in [1.165, 1.54) is 35.7 Å². The van der Waals surface area contributed by atoms with Crippen molar-refractivity contribution < 1.29 is 4.79 Å². The van der Waals surface area contributed by atoms with Crippen LogP contribution in [0, 0.1) is 0 Å². The van der Waals surface area contributed by atoms with E-state index in [0.29, 0.717) is 6.04 Å². The molecule has 2 heterocycles. The molecule has 0 saturated heterocycles. The highest BCUT2D eigenvalue weighted by Gasteiger charge is 2.29. The number of carbonyl (C=O) groups excluding carboxylic acids is 1. The number of carbonyl (C=O) groups is 1. The van der Waals surface area contributed by atoms with Crippen molar-refractivity contribution in [3.05, 3.63) is 24.3 Å². The summed E-state index contributed by atoms with van der Waals surface area (Å²) in [5, 5.41) is 9.29. The summed E-state index contributed by atoms with van der Waals surface area (Å²) < 4.78 is 3.27. The van der Waals surface area contributed by atoms with Crippen LogP contribution in [-0.4, -0.2) is 43.2 Å². The molecule has 0 N–H and O–H groups in total. The zero-order valence-corrected chi connectivity index (χ0v) is 16.9. The Morgan fingerprint density at radius 3 is 2.85 bits per heavy atom. The van der Waals surface area contributed by atoms with Crippen molar-refractivity contribution in [2.45, 2.75) is 62.4 Å². The Hall–Kier alpha value is -1.60. The maximum atomic E-state index is 13.1. The molecule has 26 heavy (non-hydrogen) atoms. The molecule has 138 valence electrons. The molecule has 1 aliphatic carbocycles. The van der Waals surface area contributed by atoms with Crippen molar-refractivity contribution in [1.29, 1.82) is 0 Å². The smallest absolute Gasteiger partial charge is 0.236 e. The third-order valence-corrected chi connectivity index (χ3v) is 7.22. The van der Waals surface area contributed by atoms with Gasteiger partial charge in [-0.15, -0.1) is 10.2 Å². The second-order valence-corrected chi connectivity index (χ2v) is 9.16. The molecule has 0 aliphatic heterocycles. The number of thioether (sulfide) groups is 1. The van der Waals surface area contributed by atoms with E-state index >= 15 is 0 Å². The van der Waals surface area contributed by atoms with E-state index in [1.54, 1.807) is 11.3 Å². The van der Waals surface area contributed by atoms with Crippen LogP contribution in [0.1, 0.15) is 46.0 Å². The number of nitrogens with zero attached hydrogens (tertiary/aromatic N) is 4. The molecule has 1 aromatic carbocycles. The van der Waals surface area contributed by atoms with Gasteiger partial charge in [-0.1, -0.05) is 54.5 Å². The van der Waals surface area contributed by atoms with Gasteiger partial charge in [-0.2, -0.15) is 0 Å². The highest BCUT2D eigenvalue weighted by atomic mass is 32.2. The molecular formula is C19H24N4OS2. The number of rotatable bonds is 5. The standard InChI is InChI=1S/C19H24N4OS2/c1-3-22(14-9-5-4-6-10-14)17(24)13(2)25-18-20-21-19-23(18)15-11-7-8-12-16(15)26-19/h7-8,11-14H,3-6,9-10H2,1-2H3. The third-order valence-electron chi connectivity index (χ3n) is 5.18. The van der Waals surface area contributed by atoms with Gasteiger partial charge in [0, 0.05) is 12.6 Å². The van der Waals surface area contributed by atoms with Crippen LogP contribution in [-0.2, 0) is 4.79 Å². The second-order valence-electron chi connectivity index (χ2n) is 6.85. The molecule has 7 heteroatoms. The van der Waals surface area contributed by atoms with Gasteiger partial charge in [-0.25, -0.2) is 0 Å². The van der Waals surface area contributed by atoms with Crippen molar-refractivity contribution in [3.63, 3.8) is 0 Å². The van der Waals surface area contributed by atoms with Gasteiger partial charge in [0.2, 0.25) is 10.9 Å². The number of amides is 1. The second kappa shape index (κ2) is 7.56. The normalized spacial score (nSPS) is 17.0.